The molecule has 1 aromatic carbocycles. The number of nitrogens with zero attached hydrogens (tertiary/aromatic N) is 4. The lowest BCUT2D eigenvalue weighted by atomic mass is 9.84. The molecule has 152 valence electrons. The number of hydrogen-bond acceptors (Lipinski definition) is 3. The van der Waals surface area contributed by atoms with Crippen molar-refractivity contribution in [3.8, 4) is 0 Å². The van der Waals surface area contributed by atoms with Gasteiger partial charge in [-0.05, 0) is 37.5 Å². The van der Waals surface area contributed by atoms with E-state index in [2.05, 4.69) is 46.2 Å². The summed E-state index contributed by atoms with van der Waals surface area (Å²) in [6, 6.07) is 4.57. The molecule has 0 radical (unpaired) electrons. The number of piperidine rings is 1. The topological polar surface area (TPSA) is 69.2 Å². The van der Waals surface area contributed by atoms with Crippen LogP contribution in [-0.2, 0) is 5.41 Å². The van der Waals surface area contributed by atoms with Crippen LogP contribution in [0.15, 0.2) is 29.5 Å². The number of benzene rings is 1. The largest absolute Gasteiger partial charge is 0.357 e. The summed E-state index contributed by atoms with van der Waals surface area (Å²) in [6.07, 6.45) is 3.58. The normalized spacial score (nSPS) is 16.5. The summed E-state index contributed by atoms with van der Waals surface area (Å²) in [7, 11) is 0. The number of rotatable bonds is 5. The Balaban J connectivity index is 1.68. The van der Waals surface area contributed by atoms with E-state index >= 15 is 0 Å². The molecule has 6 nitrogen and oxygen atoms in total. The first-order valence-corrected chi connectivity index (χ1v) is 10.1. The smallest absolute Gasteiger partial charge is 0.193 e. The van der Waals surface area contributed by atoms with E-state index in [1.165, 1.54) is 12.1 Å². The van der Waals surface area contributed by atoms with Gasteiger partial charge < -0.3 is 10.2 Å². The van der Waals surface area contributed by atoms with Crippen LogP contribution in [0.2, 0.25) is 5.02 Å². The third kappa shape index (κ3) is 4.82. The first kappa shape index (κ1) is 20.6. The number of aromatic amines is 1. The van der Waals surface area contributed by atoms with Gasteiger partial charge in [-0.1, -0.05) is 31.5 Å². The van der Waals surface area contributed by atoms with Gasteiger partial charge in [-0.2, -0.15) is 5.10 Å². The van der Waals surface area contributed by atoms with Gasteiger partial charge in [0, 0.05) is 36.0 Å². The van der Waals surface area contributed by atoms with Gasteiger partial charge in [0.15, 0.2) is 5.96 Å². The Labute approximate surface area is 170 Å². The highest BCUT2D eigenvalue weighted by Gasteiger charge is 2.27. The first-order valence-electron chi connectivity index (χ1n) is 9.74. The van der Waals surface area contributed by atoms with Crippen molar-refractivity contribution in [2.24, 2.45) is 4.99 Å². The van der Waals surface area contributed by atoms with Gasteiger partial charge in [0.2, 0.25) is 0 Å². The van der Waals surface area contributed by atoms with E-state index < -0.39 is 0 Å². The molecule has 2 aromatic rings. The summed E-state index contributed by atoms with van der Waals surface area (Å²) >= 11 is 6.28. The van der Waals surface area contributed by atoms with Crippen molar-refractivity contribution in [3.63, 3.8) is 0 Å². The molecule has 0 saturated carbocycles. The fourth-order valence-electron chi connectivity index (χ4n) is 3.60. The quantitative estimate of drug-likeness (QED) is 0.586. The van der Waals surface area contributed by atoms with Crippen LogP contribution in [-0.4, -0.2) is 52.2 Å². The molecule has 0 atom stereocenters. The van der Waals surface area contributed by atoms with Crippen LogP contribution in [0.4, 0.5) is 4.39 Å². The van der Waals surface area contributed by atoms with Crippen LogP contribution in [0, 0.1) is 5.82 Å². The molecule has 0 aliphatic carbocycles. The standard InChI is InChI=1S/C20H28ClFN6/c1-4-23-19(28-9-7-14(8-10-28)18-25-13-26-27-18)24-12-20(2,3)16-6-5-15(22)11-17(16)21/h5-6,11,13-14H,4,7-10,12H2,1-3H3,(H,23,24)(H,25,26,27). The second-order valence-electron chi connectivity index (χ2n) is 7.81. The summed E-state index contributed by atoms with van der Waals surface area (Å²) in [5, 5.41) is 10.8. The average molecular weight is 407 g/mol. The Kier molecular flexibility index (Phi) is 6.54. The first-order chi connectivity index (χ1) is 13.4. The molecule has 1 aromatic heterocycles. The van der Waals surface area contributed by atoms with Gasteiger partial charge in [0.1, 0.15) is 18.0 Å². The lowest BCUT2D eigenvalue weighted by Gasteiger charge is -2.34. The summed E-state index contributed by atoms with van der Waals surface area (Å²) in [6.45, 7) is 9.41. The monoisotopic (exact) mass is 406 g/mol. The summed E-state index contributed by atoms with van der Waals surface area (Å²) in [5.41, 5.74) is 0.600. The highest BCUT2D eigenvalue weighted by atomic mass is 35.5. The number of aromatic nitrogens is 3. The molecule has 0 amide bonds. The number of nitrogens with one attached hydrogen (secondary N) is 2. The van der Waals surface area contributed by atoms with E-state index in [1.54, 1.807) is 12.4 Å². The lowest BCUT2D eigenvalue weighted by molar-refractivity contribution is 0.298. The number of halogens is 2. The van der Waals surface area contributed by atoms with Crippen LogP contribution in [0.1, 0.15) is 50.9 Å². The molecule has 1 aliphatic rings. The van der Waals surface area contributed by atoms with Crippen LogP contribution in [0.5, 0.6) is 0 Å². The molecular weight excluding hydrogens is 379 g/mol. The van der Waals surface area contributed by atoms with Gasteiger partial charge in [-0.3, -0.25) is 10.1 Å². The predicted molar refractivity (Wildman–Crippen MR) is 110 cm³/mol. The van der Waals surface area contributed by atoms with Gasteiger partial charge >= 0.3 is 0 Å². The fraction of sp³-hybridized carbons (Fsp3) is 0.550. The van der Waals surface area contributed by atoms with Gasteiger partial charge in [0.25, 0.3) is 0 Å². The number of hydrogen-bond donors (Lipinski definition) is 2. The van der Waals surface area contributed by atoms with E-state index in [-0.39, 0.29) is 11.2 Å². The second kappa shape index (κ2) is 8.90. The van der Waals surface area contributed by atoms with Crippen LogP contribution in [0.3, 0.4) is 0 Å². The second-order valence-corrected chi connectivity index (χ2v) is 8.22. The minimum Gasteiger partial charge on any atom is -0.357 e. The maximum Gasteiger partial charge on any atom is 0.193 e. The number of guanidine groups is 1. The Morgan fingerprint density at radius 2 is 2.14 bits per heavy atom. The molecule has 28 heavy (non-hydrogen) atoms. The minimum absolute atomic E-state index is 0.302. The lowest BCUT2D eigenvalue weighted by Crippen LogP contribution is -2.46. The Bertz CT molecular complexity index is 797. The Morgan fingerprint density at radius 3 is 2.75 bits per heavy atom. The minimum atomic E-state index is -0.323. The van der Waals surface area contributed by atoms with Crippen molar-refractivity contribution < 1.29 is 4.39 Å². The average Bonchev–Trinajstić information content (AvgIpc) is 3.20. The van der Waals surface area contributed by atoms with Crippen LogP contribution < -0.4 is 5.32 Å². The zero-order valence-corrected chi connectivity index (χ0v) is 17.4. The van der Waals surface area contributed by atoms with E-state index in [0.717, 1.165) is 49.8 Å². The molecule has 0 unspecified atom stereocenters. The van der Waals surface area contributed by atoms with Gasteiger partial charge in [0.05, 0.1) is 6.54 Å². The van der Waals surface area contributed by atoms with E-state index in [1.807, 2.05) is 0 Å². The van der Waals surface area contributed by atoms with Crippen molar-refractivity contribution in [3.05, 3.63) is 46.8 Å². The third-order valence-electron chi connectivity index (χ3n) is 5.23. The van der Waals surface area contributed by atoms with Gasteiger partial charge in [-0.25, -0.2) is 9.37 Å². The van der Waals surface area contributed by atoms with Crippen molar-refractivity contribution in [2.45, 2.75) is 44.9 Å². The fourth-order valence-corrected chi connectivity index (χ4v) is 4.02. The molecule has 2 heterocycles. The van der Waals surface area contributed by atoms with E-state index in [4.69, 9.17) is 16.6 Å². The molecule has 1 fully saturated rings. The molecule has 2 N–H and O–H groups in total. The van der Waals surface area contributed by atoms with Crippen LogP contribution >= 0.6 is 11.6 Å². The van der Waals surface area contributed by atoms with Gasteiger partial charge in [-0.15, -0.1) is 0 Å². The molecule has 3 rings (SSSR count). The zero-order chi connectivity index (χ0) is 20.1. The molecular formula is C20H28ClFN6. The van der Waals surface area contributed by atoms with Crippen molar-refractivity contribution in [1.82, 2.24) is 25.4 Å². The molecule has 1 aliphatic heterocycles. The number of likely N-dealkylation sites (tertiary alicyclic amines) is 1. The zero-order valence-electron chi connectivity index (χ0n) is 16.7. The highest BCUT2D eigenvalue weighted by Crippen LogP contribution is 2.31. The van der Waals surface area contributed by atoms with Crippen LogP contribution in [0.25, 0.3) is 0 Å². The molecule has 0 bridgehead atoms. The summed E-state index contributed by atoms with van der Waals surface area (Å²) in [5.74, 6) is 1.96. The summed E-state index contributed by atoms with van der Waals surface area (Å²) in [4.78, 5) is 11.5. The highest BCUT2D eigenvalue weighted by molar-refractivity contribution is 6.31. The summed E-state index contributed by atoms with van der Waals surface area (Å²) < 4.78 is 13.4. The Morgan fingerprint density at radius 1 is 1.39 bits per heavy atom. The number of H-pyrrole nitrogens is 1. The van der Waals surface area contributed by atoms with Crippen molar-refractivity contribution in [1.29, 1.82) is 0 Å². The third-order valence-corrected chi connectivity index (χ3v) is 5.55. The molecule has 8 heteroatoms. The van der Waals surface area contributed by atoms with E-state index in [9.17, 15) is 4.39 Å². The predicted octanol–water partition coefficient (Wildman–Crippen LogP) is 3.72. The van der Waals surface area contributed by atoms with Crippen molar-refractivity contribution in [2.75, 3.05) is 26.2 Å². The Hall–Kier alpha value is -2.15. The SMILES string of the molecule is CCNC(=NCC(C)(C)c1ccc(F)cc1Cl)N1CCC(c2ncn[nH]2)CC1. The van der Waals surface area contributed by atoms with E-state index in [0.29, 0.717) is 17.5 Å². The van der Waals surface area contributed by atoms with Crippen molar-refractivity contribution >= 4 is 17.6 Å². The maximum atomic E-state index is 13.4. The molecule has 0 spiro atoms. The molecule has 1 saturated heterocycles. The maximum absolute atomic E-state index is 13.4. The number of aliphatic imine (C=N–C) groups is 1.